The Kier molecular flexibility index (Phi) is 3.34. The molecule has 0 unspecified atom stereocenters. The second-order valence-corrected chi connectivity index (χ2v) is 5.28. The monoisotopic (exact) mass is 273 g/mol. The van der Waals surface area contributed by atoms with E-state index in [1.54, 1.807) is 0 Å². The van der Waals surface area contributed by atoms with Crippen LogP contribution >= 0.6 is 11.6 Å². The van der Waals surface area contributed by atoms with Gasteiger partial charge in [0.1, 0.15) is 5.75 Å². The van der Waals surface area contributed by atoms with E-state index in [1.807, 2.05) is 18.2 Å². The molecule has 1 N–H and O–H groups in total. The van der Waals surface area contributed by atoms with Crippen molar-refractivity contribution >= 4 is 17.3 Å². The molecule has 2 nitrogen and oxygen atoms in total. The summed E-state index contributed by atoms with van der Waals surface area (Å²) in [6.07, 6.45) is 1.00. The van der Waals surface area contributed by atoms with Crippen LogP contribution in [-0.4, -0.2) is 6.61 Å². The van der Waals surface area contributed by atoms with Crippen LogP contribution in [0.2, 0.25) is 5.02 Å². The van der Waals surface area contributed by atoms with E-state index in [9.17, 15) is 0 Å². The van der Waals surface area contributed by atoms with Gasteiger partial charge in [0.15, 0.2) is 0 Å². The Bertz CT molecular complexity index is 610. The van der Waals surface area contributed by atoms with Crippen LogP contribution in [0, 0.1) is 6.92 Å². The summed E-state index contributed by atoms with van der Waals surface area (Å²) in [5.41, 5.74) is 4.90. The SMILES string of the molecule is Cc1cc(Cl)ccc1CNc1ccc2c(c1)CCO2. The summed E-state index contributed by atoms with van der Waals surface area (Å²) in [6.45, 7) is 3.69. The number of hydrogen-bond donors (Lipinski definition) is 1. The summed E-state index contributed by atoms with van der Waals surface area (Å²) in [4.78, 5) is 0. The molecule has 0 fully saturated rings. The van der Waals surface area contributed by atoms with Crippen LogP contribution in [-0.2, 0) is 13.0 Å². The van der Waals surface area contributed by atoms with Crippen LogP contribution in [0.1, 0.15) is 16.7 Å². The van der Waals surface area contributed by atoms with Gasteiger partial charge in [-0.3, -0.25) is 0 Å². The average Bonchev–Trinajstić information content (AvgIpc) is 2.85. The van der Waals surface area contributed by atoms with Crippen LogP contribution < -0.4 is 10.1 Å². The first-order chi connectivity index (χ1) is 9.22. The van der Waals surface area contributed by atoms with Crippen LogP contribution in [0.3, 0.4) is 0 Å². The molecule has 0 radical (unpaired) electrons. The number of rotatable bonds is 3. The Labute approximate surface area is 118 Å². The average molecular weight is 274 g/mol. The molecule has 0 saturated heterocycles. The van der Waals surface area contributed by atoms with Gasteiger partial charge in [-0.2, -0.15) is 0 Å². The van der Waals surface area contributed by atoms with Crippen molar-refractivity contribution in [2.24, 2.45) is 0 Å². The lowest BCUT2D eigenvalue weighted by atomic mass is 10.1. The van der Waals surface area contributed by atoms with E-state index in [1.165, 1.54) is 16.7 Å². The molecule has 1 aliphatic rings. The van der Waals surface area contributed by atoms with Gasteiger partial charge in [-0.25, -0.2) is 0 Å². The normalized spacial score (nSPS) is 12.9. The number of nitrogens with one attached hydrogen (secondary N) is 1. The first kappa shape index (κ1) is 12.4. The number of benzene rings is 2. The molecule has 0 bridgehead atoms. The van der Waals surface area contributed by atoms with Crippen molar-refractivity contribution in [1.29, 1.82) is 0 Å². The smallest absolute Gasteiger partial charge is 0.122 e. The van der Waals surface area contributed by atoms with Gasteiger partial charge in [0.2, 0.25) is 0 Å². The van der Waals surface area contributed by atoms with Crippen LogP contribution in [0.25, 0.3) is 0 Å². The molecule has 0 amide bonds. The molecule has 3 rings (SSSR count). The summed E-state index contributed by atoms with van der Waals surface area (Å²) < 4.78 is 5.51. The zero-order chi connectivity index (χ0) is 13.2. The molecule has 0 spiro atoms. The molecule has 3 heteroatoms. The quantitative estimate of drug-likeness (QED) is 0.905. The molecular formula is C16H16ClNO. The van der Waals surface area contributed by atoms with Crippen molar-refractivity contribution in [2.75, 3.05) is 11.9 Å². The third-order valence-corrected chi connectivity index (χ3v) is 3.71. The minimum Gasteiger partial charge on any atom is -0.493 e. The highest BCUT2D eigenvalue weighted by Gasteiger charge is 2.11. The lowest BCUT2D eigenvalue weighted by Gasteiger charge is -2.10. The van der Waals surface area contributed by atoms with Gasteiger partial charge in [0.05, 0.1) is 6.61 Å². The number of ether oxygens (including phenoxy) is 1. The predicted molar refractivity (Wildman–Crippen MR) is 79.2 cm³/mol. The maximum atomic E-state index is 5.96. The van der Waals surface area contributed by atoms with Gasteiger partial charge >= 0.3 is 0 Å². The topological polar surface area (TPSA) is 21.3 Å². The van der Waals surface area contributed by atoms with E-state index >= 15 is 0 Å². The highest BCUT2D eigenvalue weighted by molar-refractivity contribution is 6.30. The van der Waals surface area contributed by atoms with Gasteiger partial charge < -0.3 is 10.1 Å². The fourth-order valence-electron chi connectivity index (χ4n) is 2.35. The Morgan fingerprint density at radius 2 is 2.11 bits per heavy atom. The molecule has 0 aliphatic carbocycles. The van der Waals surface area contributed by atoms with E-state index in [2.05, 4.69) is 30.4 Å². The minimum absolute atomic E-state index is 0.788. The van der Waals surface area contributed by atoms with Crippen molar-refractivity contribution in [3.05, 3.63) is 58.1 Å². The van der Waals surface area contributed by atoms with Crippen molar-refractivity contribution in [3.8, 4) is 5.75 Å². The lowest BCUT2D eigenvalue weighted by Crippen LogP contribution is -2.01. The van der Waals surface area contributed by atoms with Crippen LogP contribution in [0.5, 0.6) is 5.75 Å². The summed E-state index contributed by atoms with van der Waals surface area (Å²) in [5.74, 6) is 1.02. The van der Waals surface area contributed by atoms with Crippen LogP contribution in [0.4, 0.5) is 5.69 Å². The number of halogens is 1. The summed E-state index contributed by atoms with van der Waals surface area (Å²) in [7, 11) is 0. The minimum atomic E-state index is 0.788. The highest BCUT2D eigenvalue weighted by atomic mass is 35.5. The molecule has 1 aliphatic heterocycles. The second-order valence-electron chi connectivity index (χ2n) is 4.85. The largest absolute Gasteiger partial charge is 0.493 e. The lowest BCUT2D eigenvalue weighted by molar-refractivity contribution is 0.357. The Morgan fingerprint density at radius 3 is 2.95 bits per heavy atom. The molecule has 98 valence electrons. The van der Waals surface area contributed by atoms with Gasteiger partial charge in [-0.15, -0.1) is 0 Å². The van der Waals surface area contributed by atoms with Gasteiger partial charge in [0, 0.05) is 23.7 Å². The fourth-order valence-corrected chi connectivity index (χ4v) is 2.58. The summed E-state index contributed by atoms with van der Waals surface area (Å²) in [6, 6.07) is 12.3. The van der Waals surface area contributed by atoms with Gasteiger partial charge in [-0.1, -0.05) is 17.7 Å². The van der Waals surface area contributed by atoms with E-state index < -0.39 is 0 Å². The molecule has 2 aromatic carbocycles. The highest BCUT2D eigenvalue weighted by Crippen LogP contribution is 2.28. The van der Waals surface area contributed by atoms with E-state index in [0.717, 1.165) is 36.0 Å². The van der Waals surface area contributed by atoms with Crippen molar-refractivity contribution in [1.82, 2.24) is 0 Å². The number of hydrogen-bond acceptors (Lipinski definition) is 2. The fraction of sp³-hybridized carbons (Fsp3) is 0.250. The first-order valence-electron chi connectivity index (χ1n) is 6.47. The van der Waals surface area contributed by atoms with Crippen molar-refractivity contribution < 1.29 is 4.74 Å². The van der Waals surface area contributed by atoms with Gasteiger partial charge in [0.25, 0.3) is 0 Å². The van der Waals surface area contributed by atoms with E-state index in [-0.39, 0.29) is 0 Å². The maximum Gasteiger partial charge on any atom is 0.122 e. The van der Waals surface area contributed by atoms with Gasteiger partial charge in [-0.05, 0) is 53.9 Å². The zero-order valence-corrected chi connectivity index (χ0v) is 11.6. The van der Waals surface area contributed by atoms with Crippen molar-refractivity contribution in [3.63, 3.8) is 0 Å². The Hall–Kier alpha value is -1.67. The molecule has 0 saturated carbocycles. The molecule has 19 heavy (non-hydrogen) atoms. The Balaban J connectivity index is 1.72. The number of anilines is 1. The Morgan fingerprint density at radius 1 is 1.21 bits per heavy atom. The second kappa shape index (κ2) is 5.14. The zero-order valence-electron chi connectivity index (χ0n) is 10.9. The molecule has 1 heterocycles. The number of aryl methyl sites for hydroxylation is 1. The third kappa shape index (κ3) is 2.69. The van der Waals surface area contributed by atoms with Crippen molar-refractivity contribution in [2.45, 2.75) is 19.9 Å². The molecular weight excluding hydrogens is 258 g/mol. The maximum absolute atomic E-state index is 5.96. The molecule has 2 aromatic rings. The summed E-state index contributed by atoms with van der Waals surface area (Å²) in [5, 5.41) is 4.24. The van der Waals surface area contributed by atoms with Crippen LogP contribution in [0.15, 0.2) is 36.4 Å². The molecule has 0 atom stereocenters. The van der Waals surface area contributed by atoms with E-state index in [4.69, 9.17) is 16.3 Å². The summed E-state index contributed by atoms with van der Waals surface area (Å²) >= 11 is 5.96. The van der Waals surface area contributed by atoms with E-state index in [0.29, 0.717) is 0 Å². The molecule has 0 aromatic heterocycles. The predicted octanol–water partition coefficient (Wildman–Crippen LogP) is 4.20. The first-order valence-corrected chi connectivity index (χ1v) is 6.85. The standard InChI is InChI=1S/C16H16ClNO/c1-11-8-14(17)3-2-13(11)10-18-15-4-5-16-12(9-15)6-7-19-16/h2-5,8-9,18H,6-7,10H2,1H3. The third-order valence-electron chi connectivity index (χ3n) is 3.48. The number of fused-ring (bicyclic) bond motifs is 1.